The third-order valence-corrected chi connectivity index (χ3v) is 4.42. The number of rotatable bonds is 6. The van der Waals surface area contributed by atoms with Crippen molar-refractivity contribution in [2.45, 2.75) is 31.7 Å². The molecule has 0 bridgehead atoms. The van der Waals surface area contributed by atoms with E-state index in [1.54, 1.807) is 12.4 Å². The minimum absolute atomic E-state index is 0.126. The van der Waals surface area contributed by atoms with Crippen LogP contribution in [0.5, 0.6) is 0 Å². The molecule has 3 rings (SSSR count). The zero-order chi connectivity index (χ0) is 16.6. The minimum atomic E-state index is -0.126. The van der Waals surface area contributed by atoms with E-state index in [1.807, 2.05) is 0 Å². The van der Waals surface area contributed by atoms with Crippen LogP contribution in [0.3, 0.4) is 0 Å². The Hall–Kier alpha value is -2.27. The van der Waals surface area contributed by atoms with Gasteiger partial charge in [-0.05, 0) is 44.3 Å². The number of aryl methyl sites for hydroxylation is 1. The summed E-state index contributed by atoms with van der Waals surface area (Å²) in [5, 5.41) is 3.09. The highest BCUT2D eigenvalue weighted by Gasteiger charge is 2.21. The number of benzene rings is 1. The van der Waals surface area contributed by atoms with Crippen LogP contribution < -0.4 is 5.32 Å². The van der Waals surface area contributed by atoms with Gasteiger partial charge in [0.1, 0.15) is 5.69 Å². The Kier molecular flexibility index (Phi) is 5.90. The zero-order valence-corrected chi connectivity index (χ0v) is 13.9. The van der Waals surface area contributed by atoms with Crippen molar-refractivity contribution in [3.05, 3.63) is 60.2 Å². The van der Waals surface area contributed by atoms with E-state index in [4.69, 9.17) is 0 Å². The van der Waals surface area contributed by atoms with Crippen LogP contribution in [-0.4, -0.2) is 46.5 Å². The van der Waals surface area contributed by atoms with Gasteiger partial charge in [-0.1, -0.05) is 30.3 Å². The standard InChI is InChI=1S/C19H24N4O/c24-19(18-14-20-10-11-21-18)22-17-9-5-13-23(15-17)12-4-8-16-6-2-1-3-7-16/h1-3,6-7,10-11,14,17H,4-5,8-9,12-13,15H2,(H,22,24)/t17-/m1/s1. The van der Waals surface area contributed by atoms with Gasteiger partial charge in [0.25, 0.3) is 5.91 Å². The average Bonchev–Trinajstić information content (AvgIpc) is 2.64. The summed E-state index contributed by atoms with van der Waals surface area (Å²) in [6, 6.07) is 10.8. The molecule has 0 saturated carbocycles. The van der Waals surface area contributed by atoms with E-state index in [9.17, 15) is 4.79 Å². The Morgan fingerprint density at radius 2 is 2.12 bits per heavy atom. The van der Waals surface area contributed by atoms with E-state index in [2.05, 4.69) is 50.5 Å². The predicted molar refractivity (Wildman–Crippen MR) is 93.7 cm³/mol. The van der Waals surface area contributed by atoms with Crippen molar-refractivity contribution >= 4 is 5.91 Å². The van der Waals surface area contributed by atoms with Crippen molar-refractivity contribution in [1.82, 2.24) is 20.2 Å². The second-order valence-corrected chi connectivity index (χ2v) is 6.29. The number of hydrogen-bond acceptors (Lipinski definition) is 4. The SMILES string of the molecule is O=C(N[C@@H]1CCCN(CCCc2ccccc2)C1)c1cnccn1. The molecule has 24 heavy (non-hydrogen) atoms. The van der Waals surface area contributed by atoms with Gasteiger partial charge in [-0.25, -0.2) is 4.98 Å². The minimum Gasteiger partial charge on any atom is -0.347 e. The van der Waals surface area contributed by atoms with Crippen molar-refractivity contribution in [3.63, 3.8) is 0 Å². The van der Waals surface area contributed by atoms with Crippen molar-refractivity contribution < 1.29 is 4.79 Å². The highest BCUT2D eigenvalue weighted by Crippen LogP contribution is 2.12. The lowest BCUT2D eigenvalue weighted by atomic mass is 10.0. The molecule has 1 aliphatic rings. The van der Waals surface area contributed by atoms with E-state index in [-0.39, 0.29) is 11.9 Å². The maximum absolute atomic E-state index is 12.2. The average molecular weight is 324 g/mol. The molecule has 0 radical (unpaired) electrons. The monoisotopic (exact) mass is 324 g/mol. The number of carbonyl (C=O) groups excluding carboxylic acids is 1. The summed E-state index contributed by atoms with van der Waals surface area (Å²) in [4.78, 5) is 22.6. The number of nitrogens with one attached hydrogen (secondary N) is 1. The molecule has 5 nitrogen and oxygen atoms in total. The fourth-order valence-electron chi connectivity index (χ4n) is 3.20. The lowest BCUT2D eigenvalue weighted by Crippen LogP contribution is -2.48. The molecule has 126 valence electrons. The number of carbonyl (C=O) groups is 1. The molecule has 1 fully saturated rings. The molecule has 2 heterocycles. The molecule has 1 aromatic carbocycles. The molecule has 0 aliphatic carbocycles. The topological polar surface area (TPSA) is 58.1 Å². The van der Waals surface area contributed by atoms with Gasteiger partial charge in [0.2, 0.25) is 0 Å². The Morgan fingerprint density at radius 1 is 1.25 bits per heavy atom. The van der Waals surface area contributed by atoms with Gasteiger partial charge in [-0.15, -0.1) is 0 Å². The highest BCUT2D eigenvalue weighted by molar-refractivity contribution is 5.92. The molecule has 1 aromatic heterocycles. The molecule has 1 amide bonds. The van der Waals surface area contributed by atoms with Crippen LogP contribution in [0.1, 0.15) is 35.3 Å². The molecule has 2 aromatic rings. The summed E-state index contributed by atoms with van der Waals surface area (Å²) in [7, 11) is 0. The smallest absolute Gasteiger partial charge is 0.271 e. The molecule has 1 N–H and O–H groups in total. The van der Waals surface area contributed by atoms with Crippen molar-refractivity contribution in [3.8, 4) is 0 Å². The molecule has 5 heteroatoms. The highest BCUT2D eigenvalue weighted by atomic mass is 16.1. The van der Waals surface area contributed by atoms with Gasteiger partial charge in [0, 0.05) is 25.0 Å². The van der Waals surface area contributed by atoms with Gasteiger partial charge in [-0.2, -0.15) is 0 Å². The third kappa shape index (κ3) is 4.86. The summed E-state index contributed by atoms with van der Waals surface area (Å²) < 4.78 is 0. The summed E-state index contributed by atoms with van der Waals surface area (Å²) in [5.41, 5.74) is 1.78. The summed E-state index contributed by atoms with van der Waals surface area (Å²) in [5.74, 6) is -0.126. The fourth-order valence-corrected chi connectivity index (χ4v) is 3.20. The molecule has 1 atom stereocenters. The van der Waals surface area contributed by atoms with Crippen LogP contribution in [0.25, 0.3) is 0 Å². The third-order valence-electron chi connectivity index (χ3n) is 4.42. The molecular formula is C19H24N4O. The first-order valence-electron chi connectivity index (χ1n) is 8.64. The van der Waals surface area contributed by atoms with Crippen LogP contribution >= 0.6 is 0 Å². The van der Waals surface area contributed by atoms with E-state index in [0.717, 1.165) is 45.3 Å². The number of nitrogens with zero attached hydrogens (tertiary/aromatic N) is 3. The van der Waals surface area contributed by atoms with Crippen LogP contribution in [0.4, 0.5) is 0 Å². The van der Waals surface area contributed by atoms with Crippen LogP contribution in [-0.2, 0) is 6.42 Å². The number of piperidine rings is 1. The zero-order valence-electron chi connectivity index (χ0n) is 13.9. The maximum atomic E-state index is 12.2. The van der Waals surface area contributed by atoms with Gasteiger partial charge >= 0.3 is 0 Å². The number of aromatic nitrogens is 2. The maximum Gasteiger partial charge on any atom is 0.271 e. The second-order valence-electron chi connectivity index (χ2n) is 6.29. The lowest BCUT2D eigenvalue weighted by molar-refractivity contribution is 0.0898. The number of hydrogen-bond donors (Lipinski definition) is 1. The Labute approximate surface area is 143 Å². The molecule has 1 aliphatic heterocycles. The molecule has 1 saturated heterocycles. The van der Waals surface area contributed by atoms with E-state index >= 15 is 0 Å². The van der Waals surface area contributed by atoms with Crippen molar-refractivity contribution in [2.75, 3.05) is 19.6 Å². The Balaban J connectivity index is 1.43. The Bertz CT molecular complexity index is 632. The number of amides is 1. The van der Waals surface area contributed by atoms with Crippen molar-refractivity contribution in [1.29, 1.82) is 0 Å². The van der Waals surface area contributed by atoms with Crippen LogP contribution in [0.2, 0.25) is 0 Å². The van der Waals surface area contributed by atoms with E-state index in [0.29, 0.717) is 5.69 Å². The first kappa shape index (κ1) is 16.6. The largest absolute Gasteiger partial charge is 0.347 e. The first-order chi connectivity index (χ1) is 11.8. The molecule has 0 unspecified atom stereocenters. The van der Waals surface area contributed by atoms with E-state index in [1.165, 1.54) is 11.8 Å². The fraction of sp³-hybridized carbons (Fsp3) is 0.421. The van der Waals surface area contributed by atoms with Gasteiger partial charge < -0.3 is 10.2 Å². The van der Waals surface area contributed by atoms with E-state index < -0.39 is 0 Å². The van der Waals surface area contributed by atoms with Gasteiger partial charge in [0.15, 0.2) is 0 Å². The molecular weight excluding hydrogens is 300 g/mol. The normalized spacial score (nSPS) is 18.2. The van der Waals surface area contributed by atoms with Crippen LogP contribution in [0, 0.1) is 0 Å². The quantitative estimate of drug-likeness (QED) is 0.886. The van der Waals surface area contributed by atoms with Gasteiger partial charge in [0.05, 0.1) is 6.20 Å². The lowest BCUT2D eigenvalue weighted by Gasteiger charge is -2.33. The van der Waals surface area contributed by atoms with Crippen LogP contribution in [0.15, 0.2) is 48.9 Å². The summed E-state index contributed by atoms with van der Waals surface area (Å²) >= 11 is 0. The van der Waals surface area contributed by atoms with Gasteiger partial charge in [-0.3, -0.25) is 9.78 Å². The Morgan fingerprint density at radius 3 is 2.92 bits per heavy atom. The second kappa shape index (κ2) is 8.55. The molecule has 0 spiro atoms. The summed E-state index contributed by atoms with van der Waals surface area (Å²) in [6.45, 7) is 3.11. The first-order valence-corrected chi connectivity index (χ1v) is 8.64. The summed E-state index contributed by atoms with van der Waals surface area (Å²) in [6.07, 6.45) is 9.04. The number of likely N-dealkylation sites (tertiary alicyclic amines) is 1. The predicted octanol–water partition coefficient (Wildman–Crippen LogP) is 2.30. The van der Waals surface area contributed by atoms with Crippen molar-refractivity contribution in [2.24, 2.45) is 0 Å².